The van der Waals surface area contributed by atoms with Crippen molar-refractivity contribution in [3.05, 3.63) is 97.2 Å². The molecule has 0 radical (unpaired) electrons. The standard InChI is InChI=1S/C63H105NO18/c1-3-5-7-9-11-13-15-17-19-20-21-22-23-24-25-26-27-29-31-33-35-37-39-41-51(69)64-46(47(68)40-38-36-34-32-30-28-18-16-14-12-10-8-6-4-2)45-77-61-57(75)54(72)59(49(43-66)79-61)82-63-58(76)55(73)60(50(44-67)80-63)81-62-56(74)53(71)52(70)48(42-65)78-62/h5,7,11,13,17,19,21-22,24-25,27,29-30,32,38,40,46-50,52-63,65-68,70-76H,3-4,6,8-10,12,14-16,18,20,23,26,28,31,33-37,39,41-45H2,1-2H3,(H,64,69)/b7-5-,13-11-,19-17-,22-21-,25-24-,29-27-,32-30+,40-38+. The normalized spacial score (nSPS) is 30.3. The van der Waals surface area contributed by atoms with Crippen molar-refractivity contribution in [2.45, 2.75) is 266 Å². The molecule has 0 bridgehead atoms. The van der Waals surface area contributed by atoms with Gasteiger partial charge in [-0.25, -0.2) is 0 Å². The summed E-state index contributed by atoms with van der Waals surface area (Å²) < 4.78 is 34.2. The van der Waals surface area contributed by atoms with Crippen molar-refractivity contribution in [3.63, 3.8) is 0 Å². The predicted octanol–water partition coefficient (Wildman–Crippen LogP) is 5.76. The molecule has 3 aliphatic heterocycles. The Kier molecular flexibility index (Phi) is 40.1. The van der Waals surface area contributed by atoms with Gasteiger partial charge in [-0.2, -0.15) is 0 Å². The van der Waals surface area contributed by atoms with Crippen LogP contribution in [0.3, 0.4) is 0 Å². The van der Waals surface area contributed by atoms with Gasteiger partial charge in [-0.1, -0.05) is 169 Å². The first kappa shape index (κ1) is 73.0. The number of allylic oxidation sites excluding steroid dienone is 15. The Hall–Kier alpha value is -3.29. The second-order valence-electron chi connectivity index (χ2n) is 21.4. The number of carbonyl (C=O) groups excluding carboxylic acids is 1. The van der Waals surface area contributed by atoms with E-state index < -0.39 is 124 Å². The lowest BCUT2D eigenvalue weighted by atomic mass is 9.96. The molecule has 0 saturated carbocycles. The Morgan fingerprint density at radius 3 is 1.37 bits per heavy atom. The molecule has 470 valence electrons. The molecule has 1 amide bonds. The minimum Gasteiger partial charge on any atom is -0.394 e. The van der Waals surface area contributed by atoms with Crippen LogP contribution in [-0.4, -0.2) is 193 Å². The van der Waals surface area contributed by atoms with Crippen LogP contribution < -0.4 is 5.32 Å². The third-order valence-corrected chi connectivity index (χ3v) is 14.6. The van der Waals surface area contributed by atoms with Crippen molar-refractivity contribution in [1.82, 2.24) is 5.32 Å². The zero-order valence-corrected chi connectivity index (χ0v) is 48.9. The van der Waals surface area contributed by atoms with Gasteiger partial charge >= 0.3 is 0 Å². The zero-order valence-electron chi connectivity index (χ0n) is 48.9. The Morgan fingerprint density at radius 2 is 0.854 bits per heavy atom. The first-order valence-electron chi connectivity index (χ1n) is 30.5. The van der Waals surface area contributed by atoms with Crippen molar-refractivity contribution < 1.29 is 89.4 Å². The van der Waals surface area contributed by atoms with Gasteiger partial charge in [0.2, 0.25) is 5.91 Å². The Morgan fingerprint density at radius 1 is 0.451 bits per heavy atom. The molecule has 0 aromatic carbocycles. The van der Waals surface area contributed by atoms with Crippen LogP contribution in [0.4, 0.5) is 0 Å². The number of aliphatic hydroxyl groups is 11. The van der Waals surface area contributed by atoms with E-state index in [2.05, 4.69) is 104 Å². The first-order valence-corrected chi connectivity index (χ1v) is 30.5. The van der Waals surface area contributed by atoms with E-state index in [9.17, 15) is 61.0 Å². The van der Waals surface area contributed by atoms with Gasteiger partial charge in [0.05, 0.1) is 38.6 Å². The van der Waals surface area contributed by atoms with E-state index in [4.69, 9.17) is 28.4 Å². The zero-order chi connectivity index (χ0) is 59.7. The summed E-state index contributed by atoms with van der Waals surface area (Å²) in [5, 5.41) is 120. The van der Waals surface area contributed by atoms with Crippen LogP contribution in [0, 0.1) is 0 Å². The highest BCUT2D eigenvalue weighted by Crippen LogP contribution is 2.33. The maximum atomic E-state index is 13.3. The second kappa shape index (κ2) is 45.1. The van der Waals surface area contributed by atoms with Crippen molar-refractivity contribution in [2.24, 2.45) is 0 Å². The largest absolute Gasteiger partial charge is 0.394 e. The maximum absolute atomic E-state index is 13.3. The summed E-state index contributed by atoms with van der Waals surface area (Å²) >= 11 is 0. The number of nitrogens with one attached hydrogen (secondary N) is 1. The lowest BCUT2D eigenvalue weighted by Gasteiger charge is -2.48. The Bertz CT molecular complexity index is 1870. The Balaban J connectivity index is 1.51. The molecule has 3 aliphatic rings. The van der Waals surface area contributed by atoms with Crippen molar-refractivity contribution in [3.8, 4) is 0 Å². The van der Waals surface area contributed by atoms with Gasteiger partial charge in [0, 0.05) is 6.42 Å². The summed E-state index contributed by atoms with van der Waals surface area (Å²) in [4.78, 5) is 13.3. The minimum atomic E-state index is -1.99. The van der Waals surface area contributed by atoms with Crippen LogP contribution in [0.5, 0.6) is 0 Å². The van der Waals surface area contributed by atoms with Crippen LogP contribution >= 0.6 is 0 Å². The number of aliphatic hydroxyl groups excluding tert-OH is 11. The summed E-state index contributed by atoms with van der Waals surface area (Å²) in [6.07, 6.45) is 29.6. The monoisotopic (exact) mass is 1160 g/mol. The molecule has 3 fully saturated rings. The van der Waals surface area contributed by atoms with Crippen molar-refractivity contribution in [1.29, 1.82) is 0 Å². The molecule has 17 unspecified atom stereocenters. The Labute approximate surface area is 488 Å². The number of amides is 1. The van der Waals surface area contributed by atoms with Gasteiger partial charge in [0.1, 0.15) is 73.2 Å². The van der Waals surface area contributed by atoms with E-state index in [0.29, 0.717) is 12.8 Å². The smallest absolute Gasteiger partial charge is 0.220 e. The molecule has 0 aliphatic carbocycles. The number of rotatable bonds is 43. The van der Waals surface area contributed by atoms with Gasteiger partial charge in [0.25, 0.3) is 0 Å². The quantitative estimate of drug-likeness (QED) is 0.0255. The fourth-order valence-corrected chi connectivity index (χ4v) is 9.62. The van der Waals surface area contributed by atoms with Gasteiger partial charge in [-0.3, -0.25) is 4.79 Å². The van der Waals surface area contributed by atoms with E-state index in [1.807, 2.05) is 6.08 Å². The fraction of sp³-hybridized carbons (Fsp3) is 0.730. The average Bonchev–Trinajstić information content (AvgIpc) is 3.14. The molecule has 3 saturated heterocycles. The van der Waals surface area contributed by atoms with Crippen LogP contribution in [-0.2, 0) is 33.2 Å². The topological polar surface area (TPSA) is 307 Å². The van der Waals surface area contributed by atoms with E-state index in [0.717, 1.165) is 83.5 Å². The fourth-order valence-electron chi connectivity index (χ4n) is 9.62. The number of carbonyl (C=O) groups is 1. The third-order valence-electron chi connectivity index (χ3n) is 14.6. The second-order valence-corrected chi connectivity index (χ2v) is 21.4. The van der Waals surface area contributed by atoms with Crippen molar-refractivity contribution in [2.75, 3.05) is 26.4 Å². The predicted molar refractivity (Wildman–Crippen MR) is 314 cm³/mol. The van der Waals surface area contributed by atoms with Gasteiger partial charge in [-0.15, -0.1) is 0 Å². The maximum Gasteiger partial charge on any atom is 0.220 e. The summed E-state index contributed by atoms with van der Waals surface area (Å²) in [5.41, 5.74) is 0. The van der Waals surface area contributed by atoms with E-state index in [1.54, 1.807) is 6.08 Å². The van der Waals surface area contributed by atoms with Gasteiger partial charge in [-0.05, 0) is 83.5 Å². The molecule has 0 aromatic rings. The molecule has 12 N–H and O–H groups in total. The van der Waals surface area contributed by atoms with E-state index in [-0.39, 0.29) is 18.9 Å². The molecule has 3 heterocycles. The molecule has 19 heteroatoms. The highest BCUT2D eigenvalue weighted by atomic mass is 16.8. The highest BCUT2D eigenvalue weighted by Gasteiger charge is 2.53. The number of hydrogen-bond acceptors (Lipinski definition) is 18. The summed E-state index contributed by atoms with van der Waals surface area (Å²) in [6, 6.07) is -1.01. The summed E-state index contributed by atoms with van der Waals surface area (Å²) in [5.74, 6) is -0.316. The molecule has 19 nitrogen and oxygen atoms in total. The number of hydrogen-bond donors (Lipinski definition) is 12. The van der Waals surface area contributed by atoms with Crippen LogP contribution in [0.1, 0.15) is 162 Å². The van der Waals surface area contributed by atoms with Crippen LogP contribution in [0.25, 0.3) is 0 Å². The summed E-state index contributed by atoms with van der Waals surface area (Å²) in [6.45, 7) is 1.53. The lowest BCUT2D eigenvalue weighted by molar-refractivity contribution is -0.379. The SMILES string of the molecule is CC/C=C\C/C=C\C/C=C\C/C=C\C/C=C\C/C=C\CCCCCCC(=O)NC(COC1OC(CO)C(OC2OC(CO)C(OC3OC(CO)C(O)C(O)C3O)C(O)C2O)C(O)C1O)C(O)/C=C/CC/C=C/CCCCCCCCCC. The molecular weight excluding hydrogens is 1060 g/mol. The molecule has 3 rings (SSSR count). The van der Waals surface area contributed by atoms with E-state index in [1.165, 1.54) is 44.9 Å². The van der Waals surface area contributed by atoms with Crippen LogP contribution in [0.15, 0.2) is 97.2 Å². The number of unbranched alkanes of at least 4 members (excludes halogenated alkanes) is 13. The molecule has 82 heavy (non-hydrogen) atoms. The average molecular weight is 1160 g/mol. The highest BCUT2D eigenvalue weighted by molar-refractivity contribution is 5.76. The minimum absolute atomic E-state index is 0.199. The molecule has 0 spiro atoms. The van der Waals surface area contributed by atoms with Gasteiger partial charge < -0.3 is 89.9 Å². The first-order chi connectivity index (χ1) is 39.8. The molecule has 17 atom stereocenters. The van der Waals surface area contributed by atoms with Crippen LogP contribution in [0.2, 0.25) is 0 Å². The molecular formula is C63H105NO18. The molecule has 0 aromatic heterocycles. The lowest BCUT2D eigenvalue weighted by Crippen LogP contribution is -2.66. The van der Waals surface area contributed by atoms with Crippen molar-refractivity contribution >= 4 is 5.91 Å². The third kappa shape index (κ3) is 28.3. The summed E-state index contributed by atoms with van der Waals surface area (Å²) in [7, 11) is 0. The van der Waals surface area contributed by atoms with E-state index >= 15 is 0 Å². The number of ether oxygens (including phenoxy) is 6. The van der Waals surface area contributed by atoms with Gasteiger partial charge in [0.15, 0.2) is 18.9 Å².